The summed E-state index contributed by atoms with van der Waals surface area (Å²) in [7, 11) is -3.70. The largest absolute Gasteiger partial charge is 0.491 e. The minimum absolute atomic E-state index is 0.0542. The number of anilines is 2. The SMILES string of the molecule is CC(C)Oc1ccc(NS(=O)(=O)c2ccc(N3CCCC3=O)cc2)cc1. The molecule has 7 heteroatoms. The van der Waals surface area contributed by atoms with Gasteiger partial charge in [-0.3, -0.25) is 9.52 Å². The molecule has 1 saturated heterocycles. The predicted molar refractivity (Wildman–Crippen MR) is 101 cm³/mol. The molecule has 2 aromatic rings. The highest BCUT2D eigenvalue weighted by atomic mass is 32.2. The molecule has 0 saturated carbocycles. The van der Waals surface area contributed by atoms with Crippen molar-refractivity contribution in [1.82, 2.24) is 0 Å². The summed E-state index contributed by atoms with van der Waals surface area (Å²) in [6.45, 7) is 4.53. The number of amides is 1. The van der Waals surface area contributed by atoms with E-state index in [1.807, 2.05) is 13.8 Å². The third kappa shape index (κ3) is 4.16. The molecule has 0 atom stereocenters. The molecule has 0 aromatic heterocycles. The second-order valence-electron chi connectivity index (χ2n) is 6.44. The fourth-order valence-corrected chi connectivity index (χ4v) is 3.87. The first kappa shape index (κ1) is 18.3. The average molecular weight is 374 g/mol. The Kier molecular flexibility index (Phi) is 5.18. The van der Waals surface area contributed by atoms with Crippen molar-refractivity contribution in [2.45, 2.75) is 37.7 Å². The first-order valence-corrected chi connectivity index (χ1v) is 10.0. The molecular formula is C19H22N2O4S. The third-order valence-electron chi connectivity index (χ3n) is 4.01. The predicted octanol–water partition coefficient (Wildman–Crippen LogP) is 3.40. The van der Waals surface area contributed by atoms with E-state index in [-0.39, 0.29) is 16.9 Å². The Balaban J connectivity index is 1.72. The van der Waals surface area contributed by atoms with Gasteiger partial charge in [-0.1, -0.05) is 0 Å². The quantitative estimate of drug-likeness (QED) is 0.841. The van der Waals surface area contributed by atoms with E-state index in [1.54, 1.807) is 41.3 Å². The van der Waals surface area contributed by atoms with Gasteiger partial charge in [0.05, 0.1) is 11.0 Å². The zero-order chi connectivity index (χ0) is 18.7. The Hall–Kier alpha value is -2.54. The van der Waals surface area contributed by atoms with Gasteiger partial charge in [-0.25, -0.2) is 8.42 Å². The highest BCUT2D eigenvalue weighted by Crippen LogP contribution is 2.24. The topological polar surface area (TPSA) is 75.7 Å². The Morgan fingerprint density at radius 2 is 1.69 bits per heavy atom. The molecule has 1 amide bonds. The van der Waals surface area contributed by atoms with E-state index in [9.17, 15) is 13.2 Å². The van der Waals surface area contributed by atoms with Gasteiger partial charge >= 0.3 is 0 Å². The van der Waals surface area contributed by atoms with Crippen molar-refractivity contribution in [3.05, 3.63) is 48.5 Å². The molecule has 2 aromatic carbocycles. The lowest BCUT2D eigenvalue weighted by molar-refractivity contribution is -0.117. The fourth-order valence-electron chi connectivity index (χ4n) is 2.81. The molecule has 1 fully saturated rings. The highest BCUT2D eigenvalue weighted by molar-refractivity contribution is 7.92. The Morgan fingerprint density at radius 3 is 2.23 bits per heavy atom. The molecule has 0 spiro atoms. The maximum Gasteiger partial charge on any atom is 0.261 e. The lowest BCUT2D eigenvalue weighted by Crippen LogP contribution is -2.23. The van der Waals surface area contributed by atoms with Crippen LogP contribution in [0.5, 0.6) is 5.75 Å². The molecule has 3 rings (SSSR count). The fraction of sp³-hybridized carbons (Fsp3) is 0.316. The Morgan fingerprint density at radius 1 is 1.04 bits per heavy atom. The summed E-state index contributed by atoms with van der Waals surface area (Å²) in [6, 6.07) is 13.1. The van der Waals surface area contributed by atoms with Gasteiger partial charge in [0.1, 0.15) is 5.75 Å². The van der Waals surface area contributed by atoms with E-state index in [4.69, 9.17) is 4.74 Å². The molecule has 0 bridgehead atoms. The number of sulfonamides is 1. The van der Waals surface area contributed by atoms with Gasteiger partial charge in [0.2, 0.25) is 5.91 Å². The summed E-state index contributed by atoms with van der Waals surface area (Å²) in [4.78, 5) is 13.6. The summed E-state index contributed by atoms with van der Waals surface area (Å²) in [6.07, 6.45) is 1.42. The number of nitrogens with one attached hydrogen (secondary N) is 1. The molecular weight excluding hydrogens is 352 g/mol. The Labute approximate surface area is 153 Å². The van der Waals surface area contributed by atoms with Crippen molar-refractivity contribution in [2.75, 3.05) is 16.2 Å². The van der Waals surface area contributed by atoms with Crippen LogP contribution in [0.4, 0.5) is 11.4 Å². The first-order chi connectivity index (χ1) is 12.3. The molecule has 0 aliphatic carbocycles. The second-order valence-corrected chi connectivity index (χ2v) is 8.12. The van der Waals surface area contributed by atoms with Crippen molar-refractivity contribution >= 4 is 27.3 Å². The van der Waals surface area contributed by atoms with Gasteiger partial charge in [-0.2, -0.15) is 0 Å². The van der Waals surface area contributed by atoms with Gasteiger partial charge < -0.3 is 9.64 Å². The van der Waals surface area contributed by atoms with Crippen LogP contribution in [0.2, 0.25) is 0 Å². The normalized spacial score (nSPS) is 14.7. The monoisotopic (exact) mass is 374 g/mol. The number of ether oxygens (including phenoxy) is 1. The zero-order valence-corrected chi connectivity index (χ0v) is 15.6. The second kappa shape index (κ2) is 7.37. The summed E-state index contributed by atoms with van der Waals surface area (Å²) in [5.74, 6) is 0.755. The van der Waals surface area contributed by atoms with Crippen LogP contribution in [0.1, 0.15) is 26.7 Å². The number of carbonyl (C=O) groups is 1. The number of benzene rings is 2. The summed E-state index contributed by atoms with van der Waals surface area (Å²) in [5, 5.41) is 0. The standard InChI is InChI=1S/C19H22N2O4S/c1-14(2)25-17-9-5-15(6-10-17)20-26(23,24)18-11-7-16(8-12-18)21-13-3-4-19(21)22/h5-12,14,20H,3-4,13H2,1-2H3. The Bertz CT molecular complexity index is 875. The maximum atomic E-state index is 12.5. The van der Waals surface area contributed by atoms with E-state index < -0.39 is 10.0 Å². The molecule has 1 aliphatic rings. The van der Waals surface area contributed by atoms with E-state index in [0.29, 0.717) is 24.4 Å². The highest BCUT2D eigenvalue weighted by Gasteiger charge is 2.22. The molecule has 0 radical (unpaired) electrons. The van der Waals surface area contributed by atoms with Crippen molar-refractivity contribution in [3.63, 3.8) is 0 Å². The number of hydrogen-bond acceptors (Lipinski definition) is 4. The molecule has 1 aliphatic heterocycles. The summed E-state index contributed by atoms with van der Waals surface area (Å²) >= 11 is 0. The zero-order valence-electron chi connectivity index (χ0n) is 14.8. The van der Waals surface area contributed by atoms with E-state index in [1.165, 1.54) is 12.1 Å². The van der Waals surface area contributed by atoms with Crippen LogP contribution in [-0.4, -0.2) is 27.0 Å². The number of carbonyl (C=O) groups excluding carboxylic acids is 1. The minimum Gasteiger partial charge on any atom is -0.491 e. The average Bonchev–Trinajstić information content (AvgIpc) is 3.02. The third-order valence-corrected chi connectivity index (χ3v) is 5.41. The molecule has 138 valence electrons. The minimum atomic E-state index is -3.70. The molecule has 1 N–H and O–H groups in total. The van der Waals surface area contributed by atoms with Crippen molar-refractivity contribution in [3.8, 4) is 5.75 Å². The van der Waals surface area contributed by atoms with Crippen LogP contribution in [0.15, 0.2) is 53.4 Å². The van der Waals surface area contributed by atoms with E-state index in [2.05, 4.69) is 4.72 Å². The maximum absolute atomic E-state index is 12.5. The van der Waals surface area contributed by atoms with Crippen LogP contribution in [-0.2, 0) is 14.8 Å². The number of nitrogens with zero attached hydrogens (tertiary/aromatic N) is 1. The van der Waals surface area contributed by atoms with Crippen molar-refractivity contribution in [2.24, 2.45) is 0 Å². The van der Waals surface area contributed by atoms with E-state index >= 15 is 0 Å². The number of hydrogen-bond donors (Lipinski definition) is 1. The van der Waals surface area contributed by atoms with Crippen molar-refractivity contribution < 1.29 is 17.9 Å². The summed E-state index contributed by atoms with van der Waals surface area (Å²) < 4.78 is 33.2. The van der Waals surface area contributed by atoms with Crippen LogP contribution >= 0.6 is 0 Å². The van der Waals surface area contributed by atoms with Gasteiger partial charge in [0, 0.05) is 24.3 Å². The van der Waals surface area contributed by atoms with Crippen LogP contribution in [0, 0.1) is 0 Å². The smallest absolute Gasteiger partial charge is 0.261 e. The summed E-state index contributed by atoms with van der Waals surface area (Å²) in [5.41, 5.74) is 1.18. The van der Waals surface area contributed by atoms with E-state index in [0.717, 1.165) is 12.1 Å². The van der Waals surface area contributed by atoms with Crippen LogP contribution in [0.25, 0.3) is 0 Å². The van der Waals surface area contributed by atoms with Crippen LogP contribution < -0.4 is 14.4 Å². The number of rotatable bonds is 6. The molecule has 1 heterocycles. The lowest BCUT2D eigenvalue weighted by Gasteiger charge is -2.16. The van der Waals surface area contributed by atoms with Gasteiger partial charge in [-0.15, -0.1) is 0 Å². The van der Waals surface area contributed by atoms with Crippen LogP contribution in [0.3, 0.4) is 0 Å². The molecule has 0 unspecified atom stereocenters. The first-order valence-electron chi connectivity index (χ1n) is 8.55. The molecule has 26 heavy (non-hydrogen) atoms. The lowest BCUT2D eigenvalue weighted by atomic mass is 10.3. The van der Waals surface area contributed by atoms with Gasteiger partial charge in [0.25, 0.3) is 10.0 Å². The van der Waals surface area contributed by atoms with Crippen molar-refractivity contribution in [1.29, 1.82) is 0 Å². The molecule has 6 nitrogen and oxygen atoms in total. The van der Waals surface area contributed by atoms with Gasteiger partial charge in [-0.05, 0) is 68.8 Å². The van der Waals surface area contributed by atoms with Gasteiger partial charge in [0.15, 0.2) is 0 Å².